The third kappa shape index (κ3) is 7.46. The van der Waals surface area contributed by atoms with Crippen LogP contribution in [0.15, 0.2) is 29.5 Å². The van der Waals surface area contributed by atoms with Gasteiger partial charge in [0, 0.05) is 5.70 Å². The fraction of sp³-hybridized carbons (Fsp3) is 0.600. The molecule has 1 aromatic carbocycles. The van der Waals surface area contributed by atoms with Crippen LogP contribution in [0.2, 0.25) is 0 Å². The molecule has 2 N–H and O–H groups in total. The number of methoxy groups -OCH3 is 1. The number of carbonyl (C=O) groups excluding carboxylic acids is 2. The van der Waals surface area contributed by atoms with E-state index in [0.29, 0.717) is 36.0 Å². The minimum atomic E-state index is -0.626. The predicted molar refractivity (Wildman–Crippen MR) is 125 cm³/mol. The Balaban J connectivity index is 2.05. The number of urea groups is 1. The van der Waals surface area contributed by atoms with E-state index in [-0.39, 0.29) is 6.03 Å². The van der Waals surface area contributed by atoms with E-state index in [2.05, 4.69) is 17.6 Å². The molecule has 0 saturated heterocycles. The number of carbonyl (C=O) groups is 2. The van der Waals surface area contributed by atoms with Crippen LogP contribution >= 0.6 is 0 Å². The van der Waals surface area contributed by atoms with E-state index in [9.17, 15) is 9.59 Å². The third-order valence-corrected chi connectivity index (χ3v) is 5.45. The number of allylic oxidation sites excluding steroid dienone is 1. The van der Waals surface area contributed by atoms with Crippen molar-refractivity contribution in [1.29, 1.82) is 0 Å². The molecule has 32 heavy (non-hydrogen) atoms. The van der Waals surface area contributed by atoms with Crippen molar-refractivity contribution < 1.29 is 23.8 Å². The first-order chi connectivity index (χ1) is 15.5. The Kier molecular flexibility index (Phi) is 10.9. The molecule has 0 spiro atoms. The van der Waals surface area contributed by atoms with Crippen LogP contribution < -0.4 is 20.1 Å². The standard InChI is InChI=1S/C25H38N2O5/c1-5-7-8-9-10-11-12-16-31-20-14-13-19(17-21(20)30-4)23-22(24(28)32-15-6-2)18(3)26-25(29)27-23/h13-14,17,23H,5-12,15-16H2,1-4H3,(H2,26,27,29). The van der Waals surface area contributed by atoms with E-state index in [1.807, 2.05) is 19.1 Å². The number of unbranched alkanes of at least 4 members (excludes halogenated alkanes) is 6. The number of ether oxygens (including phenoxy) is 3. The predicted octanol–water partition coefficient (Wildman–Crippen LogP) is 5.41. The van der Waals surface area contributed by atoms with Gasteiger partial charge in [-0.25, -0.2) is 9.59 Å². The summed E-state index contributed by atoms with van der Waals surface area (Å²) in [5.41, 5.74) is 1.60. The van der Waals surface area contributed by atoms with Gasteiger partial charge in [0.25, 0.3) is 0 Å². The van der Waals surface area contributed by atoms with E-state index in [4.69, 9.17) is 14.2 Å². The molecule has 1 aliphatic rings. The van der Waals surface area contributed by atoms with Crippen molar-refractivity contribution in [1.82, 2.24) is 10.6 Å². The summed E-state index contributed by atoms with van der Waals surface area (Å²) in [5, 5.41) is 5.47. The number of amides is 2. The van der Waals surface area contributed by atoms with Gasteiger partial charge in [0.05, 0.1) is 31.9 Å². The van der Waals surface area contributed by atoms with E-state index < -0.39 is 12.0 Å². The van der Waals surface area contributed by atoms with Crippen molar-refractivity contribution in [2.75, 3.05) is 20.3 Å². The average molecular weight is 447 g/mol. The molecule has 2 amide bonds. The summed E-state index contributed by atoms with van der Waals surface area (Å²) in [5.74, 6) is 0.774. The van der Waals surface area contributed by atoms with Gasteiger partial charge in [0.2, 0.25) is 0 Å². The SMILES string of the molecule is CCCCCCCCCOc1ccc(C2NC(=O)NC(C)=C2C(=O)OCCC)cc1OC. The highest BCUT2D eigenvalue weighted by Gasteiger charge is 2.32. The normalized spacial score (nSPS) is 15.8. The summed E-state index contributed by atoms with van der Waals surface area (Å²) in [6.45, 7) is 6.81. The Bertz CT molecular complexity index is 791. The molecule has 0 bridgehead atoms. The Morgan fingerprint density at radius 1 is 0.969 bits per heavy atom. The van der Waals surface area contributed by atoms with Gasteiger partial charge in [-0.3, -0.25) is 0 Å². The summed E-state index contributed by atoms with van der Waals surface area (Å²) < 4.78 is 16.8. The zero-order valence-electron chi connectivity index (χ0n) is 19.9. The monoisotopic (exact) mass is 446 g/mol. The van der Waals surface area contributed by atoms with E-state index in [1.165, 1.54) is 32.1 Å². The summed E-state index contributed by atoms with van der Waals surface area (Å²) >= 11 is 0. The summed E-state index contributed by atoms with van der Waals surface area (Å²) in [6.07, 6.45) is 9.26. The topological polar surface area (TPSA) is 85.9 Å². The highest BCUT2D eigenvalue weighted by molar-refractivity contribution is 5.95. The fourth-order valence-electron chi connectivity index (χ4n) is 3.71. The van der Waals surface area contributed by atoms with Crippen LogP contribution in [0, 0.1) is 0 Å². The van der Waals surface area contributed by atoms with E-state index in [1.54, 1.807) is 20.1 Å². The van der Waals surface area contributed by atoms with E-state index in [0.717, 1.165) is 24.8 Å². The van der Waals surface area contributed by atoms with Gasteiger partial charge in [-0.1, -0.05) is 58.4 Å². The number of hydrogen-bond acceptors (Lipinski definition) is 5. The highest BCUT2D eigenvalue weighted by Crippen LogP contribution is 2.34. The lowest BCUT2D eigenvalue weighted by Gasteiger charge is -2.28. The first-order valence-corrected chi connectivity index (χ1v) is 11.8. The van der Waals surface area contributed by atoms with Gasteiger partial charge in [0.1, 0.15) is 0 Å². The first-order valence-electron chi connectivity index (χ1n) is 11.8. The Morgan fingerprint density at radius 3 is 2.38 bits per heavy atom. The van der Waals surface area contributed by atoms with Crippen LogP contribution in [0.25, 0.3) is 0 Å². The molecule has 1 atom stereocenters. The number of rotatable bonds is 14. The second kappa shape index (κ2) is 13.7. The molecule has 0 fully saturated rings. The molecule has 1 aliphatic heterocycles. The maximum atomic E-state index is 12.6. The minimum absolute atomic E-state index is 0.324. The number of nitrogens with one attached hydrogen (secondary N) is 2. The zero-order valence-corrected chi connectivity index (χ0v) is 19.9. The average Bonchev–Trinajstić information content (AvgIpc) is 2.78. The van der Waals surface area contributed by atoms with Gasteiger partial charge < -0.3 is 24.8 Å². The molecule has 7 heteroatoms. The van der Waals surface area contributed by atoms with Crippen LogP contribution in [0.4, 0.5) is 4.79 Å². The smallest absolute Gasteiger partial charge is 0.338 e. The first kappa shape index (κ1) is 25.6. The highest BCUT2D eigenvalue weighted by atomic mass is 16.5. The van der Waals surface area contributed by atoms with Crippen LogP contribution in [0.5, 0.6) is 11.5 Å². The molecule has 1 unspecified atom stereocenters. The van der Waals surface area contributed by atoms with Crippen LogP contribution in [0.1, 0.15) is 83.7 Å². The maximum absolute atomic E-state index is 12.6. The van der Waals surface area contributed by atoms with Crippen molar-refractivity contribution in [3.8, 4) is 11.5 Å². The van der Waals surface area contributed by atoms with Gasteiger partial charge in [-0.05, 0) is 37.5 Å². The number of benzene rings is 1. The molecule has 0 aliphatic carbocycles. The molecule has 1 heterocycles. The minimum Gasteiger partial charge on any atom is -0.493 e. The van der Waals surface area contributed by atoms with Crippen molar-refractivity contribution in [3.63, 3.8) is 0 Å². The lowest BCUT2D eigenvalue weighted by Crippen LogP contribution is -2.45. The zero-order chi connectivity index (χ0) is 23.3. The van der Waals surface area contributed by atoms with Crippen LogP contribution in [-0.2, 0) is 9.53 Å². The quantitative estimate of drug-likeness (QED) is 0.295. The molecule has 0 radical (unpaired) electrons. The van der Waals surface area contributed by atoms with Crippen LogP contribution in [-0.4, -0.2) is 32.3 Å². The maximum Gasteiger partial charge on any atom is 0.338 e. The molecule has 0 aromatic heterocycles. The van der Waals surface area contributed by atoms with Crippen LogP contribution in [0.3, 0.4) is 0 Å². The molecular formula is C25H38N2O5. The largest absolute Gasteiger partial charge is 0.493 e. The van der Waals surface area contributed by atoms with Gasteiger partial charge in [-0.15, -0.1) is 0 Å². The van der Waals surface area contributed by atoms with E-state index >= 15 is 0 Å². The third-order valence-electron chi connectivity index (χ3n) is 5.45. The van der Waals surface area contributed by atoms with Gasteiger partial charge in [-0.2, -0.15) is 0 Å². The summed E-state index contributed by atoms with van der Waals surface area (Å²) in [7, 11) is 1.58. The summed E-state index contributed by atoms with van der Waals surface area (Å²) in [4.78, 5) is 24.7. The van der Waals surface area contributed by atoms with Crippen molar-refractivity contribution in [2.45, 2.75) is 78.2 Å². The molecule has 0 saturated carbocycles. The molecule has 178 valence electrons. The second-order valence-corrected chi connectivity index (χ2v) is 8.09. The molecule has 7 nitrogen and oxygen atoms in total. The fourth-order valence-corrected chi connectivity index (χ4v) is 3.71. The summed E-state index contributed by atoms with van der Waals surface area (Å²) in [6, 6.07) is 4.49. The van der Waals surface area contributed by atoms with Crippen molar-refractivity contribution in [3.05, 3.63) is 35.0 Å². The van der Waals surface area contributed by atoms with Gasteiger partial charge >= 0.3 is 12.0 Å². The van der Waals surface area contributed by atoms with Crippen molar-refractivity contribution in [2.24, 2.45) is 0 Å². The Hall–Kier alpha value is -2.70. The van der Waals surface area contributed by atoms with Crippen molar-refractivity contribution >= 4 is 12.0 Å². The Morgan fingerprint density at radius 2 is 1.69 bits per heavy atom. The number of hydrogen-bond donors (Lipinski definition) is 2. The number of esters is 1. The van der Waals surface area contributed by atoms with Gasteiger partial charge in [0.15, 0.2) is 11.5 Å². The molecule has 1 aromatic rings. The second-order valence-electron chi connectivity index (χ2n) is 8.09. The lowest BCUT2D eigenvalue weighted by atomic mass is 9.95. The molecular weight excluding hydrogens is 408 g/mol. The lowest BCUT2D eigenvalue weighted by molar-refractivity contribution is -0.139. The molecule has 2 rings (SSSR count). The Labute approximate surface area is 191 Å².